The van der Waals surface area contributed by atoms with Crippen LogP contribution in [0.4, 0.5) is 0 Å². The van der Waals surface area contributed by atoms with Crippen molar-refractivity contribution in [2.45, 2.75) is 19.9 Å². The third-order valence-electron chi connectivity index (χ3n) is 2.59. The molecule has 0 saturated carbocycles. The molecule has 2 N–H and O–H groups in total. The van der Waals surface area contributed by atoms with E-state index in [1.807, 2.05) is 25.3 Å². The number of carbonyl (C=O) groups is 2. The van der Waals surface area contributed by atoms with Gasteiger partial charge in [-0.3, -0.25) is 9.59 Å². The highest BCUT2D eigenvalue weighted by Gasteiger charge is 2.24. The van der Waals surface area contributed by atoms with Crippen molar-refractivity contribution in [2.24, 2.45) is 5.92 Å². The standard InChI is InChI=1S/C13H20N2O3S/c1-9(2)11(13(17)14-6-7-18-3)15-12(16)10-5-4-8-19-10/h4-5,8-9,11H,6-7H2,1-3H3,(H,14,17)(H,15,16). The highest BCUT2D eigenvalue weighted by Crippen LogP contribution is 2.10. The van der Waals surface area contributed by atoms with E-state index in [9.17, 15) is 9.59 Å². The first-order valence-corrected chi connectivity index (χ1v) is 7.05. The van der Waals surface area contributed by atoms with E-state index in [2.05, 4.69) is 10.6 Å². The molecule has 0 bridgehead atoms. The van der Waals surface area contributed by atoms with Crippen molar-refractivity contribution in [2.75, 3.05) is 20.3 Å². The van der Waals surface area contributed by atoms with Gasteiger partial charge in [-0.2, -0.15) is 0 Å². The van der Waals surface area contributed by atoms with E-state index < -0.39 is 6.04 Å². The molecular weight excluding hydrogens is 264 g/mol. The van der Waals surface area contributed by atoms with Crippen molar-refractivity contribution in [3.63, 3.8) is 0 Å². The molecule has 0 aliphatic rings. The molecule has 1 heterocycles. The summed E-state index contributed by atoms with van der Waals surface area (Å²) < 4.78 is 4.87. The second kappa shape index (κ2) is 7.91. The summed E-state index contributed by atoms with van der Waals surface area (Å²) >= 11 is 1.35. The average molecular weight is 284 g/mol. The van der Waals surface area contributed by atoms with Crippen molar-refractivity contribution in [1.82, 2.24) is 10.6 Å². The van der Waals surface area contributed by atoms with Gasteiger partial charge in [-0.25, -0.2) is 0 Å². The van der Waals surface area contributed by atoms with E-state index >= 15 is 0 Å². The van der Waals surface area contributed by atoms with Crippen LogP contribution in [0.3, 0.4) is 0 Å². The van der Waals surface area contributed by atoms with Gasteiger partial charge in [-0.15, -0.1) is 11.3 Å². The molecule has 1 aromatic rings. The molecule has 1 aromatic heterocycles. The molecule has 0 saturated heterocycles. The number of ether oxygens (including phenoxy) is 1. The summed E-state index contributed by atoms with van der Waals surface area (Å²) in [5, 5.41) is 7.34. The van der Waals surface area contributed by atoms with E-state index in [-0.39, 0.29) is 17.7 Å². The summed E-state index contributed by atoms with van der Waals surface area (Å²) in [5.74, 6) is -0.376. The van der Waals surface area contributed by atoms with Crippen LogP contribution in [0.2, 0.25) is 0 Å². The smallest absolute Gasteiger partial charge is 0.262 e. The third kappa shape index (κ3) is 5.00. The predicted molar refractivity (Wildman–Crippen MR) is 75.3 cm³/mol. The lowest BCUT2D eigenvalue weighted by molar-refractivity contribution is -0.124. The summed E-state index contributed by atoms with van der Waals surface area (Å²) in [6.45, 7) is 4.69. The van der Waals surface area contributed by atoms with Gasteiger partial charge in [0.1, 0.15) is 6.04 Å². The summed E-state index contributed by atoms with van der Waals surface area (Å²) in [6, 6.07) is 3.01. The zero-order chi connectivity index (χ0) is 14.3. The SMILES string of the molecule is COCCNC(=O)C(NC(=O)c1cccs1)C(C)C. The van der Waals surface area contributed by atoms with Crippen molar-refractivity contribution in [1.29, 1.82) is 0 Å². The Morgan fingerprint density at radius 1 is 1.42 bits per heavy atom. The Hall–Kier alpha value is -1.40. The second-order valence-corrected chi connectivity index (χ2v) is 5.40. The van der Waals surface area contributed by atoms with Crippen molar-refractivity contribution >= 4 is 23.2 Å². The van der Waals surface area contributed by atoms with Gasteiger partial charge in [-0.1, -0.05) is 19.9 Å². The number of nitrogens with one attached hydrogen (secondary N) is 2. The van der Waals surface area contributed by atoms with Crippen LogP contribution in [0.5, 0.6) is 0 Å². The number of hydrogen-bond acceptors (Lipinski definition) is 4. The maximum atomic E-state index is 12.0. The first-order chi connectivity index (χ1) is 9.06. The molecule has 0 fully saturated rings. The number of rotatable bonds is 7. The van der Waals surface area contributed by atoms with E-state index in [4.69, 9.17) is 4.74 Å². The Kier molecular flexibility index (Phi) is 6.52. The van der Waals surface area contributed by atoms with Gasteiger partial charge in [-0.05, 0) is 17.4 Å². The maximum Gasteiger partial charge on any atom is 0.262 e. The molecule has 5 nitrogen and oxygen atoms in total. The molecule has 1 rings (SSSR count). The Labute approximate surface area is 117 Å². The summed E-state index contributed by atoms with van der Waals surface area (Å²) in [5.41, 5.74) is 0. The number of carbonyl (C=O) groups excluding carboxylic acids is 2. The molecule has 0 aromatic carbocycles. The normalized spacial score (nSPS) is 12.2. The number of thiophene rings is 1. The highest BCUT2D eigenvalue weighted by molar-refractivity contribution is 7.12. The van der Waals surface area contributed by atoms with E-state index in [0.717, 1.165) is 0 Å². The fourth-order valence-electron chi connectivity index (χ4n) is 1.54. The number of hydrogen-bond donors (Lipinski definition) is 2. The zero-order valence-electron chi connectivity index (χ0n) is 11.4. The lowest BCUT2D eigenvalue weighted by Gasteiger charge is -2.21. The maximum absolute atomic E-state index is 12.0. The topological polar surface area (TPSA) is 67.4 Å². The van der Waals surface area contributed by atoms with Crippen LogP contribution in [0.1, 0.15) is 23.5 Å². The van der Waals surface area contributed by atoms with Crippen molar-refractivity contribution in [3.8, 4) is 0 Å². The van der Waals surface area contributed by atoms with Gasteiger partial charge in [0.05, 0.1) is 11.5 Å². The molecule has 0 aliphatic heterocycles. The minimum Gasteiger partial charge on any atom is -0.383 e. The minimum atomic E-state index is -0.536. The van der Waals surface area contributed by atoms with Crippen LogP contribution in [-0.2, 0) is 9.53 Å². The van der Waals surface area contributed by atoms with Crippen LogP contribution in [0.25, 0.3) is 0 Å². The monoisotopic (exact) mass is 284 g/mol. The van der Waals surface area contributed by atoms with Crippen LogP contribution in [0.15, 0.2) is 17.5 Å². The average Bonchev–Trinajstić information content (AvgIpc) is 2.89. The van der Waals surface area contributed by atoms with Gasteiger partial charge in [0.2, 0.25) is 5.91 Å². The van der Waals surface area contributed by atoms with Crippen LogP contribution in [-0.4, -0.2) is 38.1 Å². The van der Waals surface area contributed by atoms with Gasteiger partial charge in [0, 0.05) is 13.7 Å². The Bertz CT molecular complexity index is 404. The molecule has 0 radical (unpaired) electrons. The van der Waals surface area contributed by atoms with Crippen LogP contribution >= 0.6 is 11.3 Å². The molecule has 6 heteroatoms. The quantitative estimate of drug-likeness (QED) is 0.741. The van der Waals surface area contributed by atoms with Crippen LogP contribution < -0.4 is 10.6 Å². The van der Waals surface area contributed by atoms with Crippen molar-refractivity contribution in [3.05, 3.63) is 22.4 Å². The Balaban J connectivity index is 2.57. The lowest BCUT2D eigenvalue weighted by Crippen LogP contribution is -2.50. The van der Waals surface area contributed by atoms with Gasteiger partial charge >= 0.3 is 0 Å². The largest absolute Gasteiger partial charge is 0.383 e. The third-order valence-corrected chi connectivity index (χ3v) is 3.45. The first-order valence-electron chi connectivity index (χ1n) is 6.17. The highest BCUT2D eigenvalue weighted by atomic mass is 32.1. The molecule has 0 aliphatic carbocycles. The van der Waals surface area contributed by atoms with E-state index in [1.165, 1.54) is 11.3 Å². The predicted octanol–water partition coefficient (Wildman–Crippen LogP) is 1.27. The molecule has 2 amide bonds. The molecule has 0 spiro atoms. The van der Waals surface area contributed by atoms with E-state index in [0.29, 0.717) is 18.0 Å². The summed E-state index contributed by atoms with van der Waals surface area (Å²) in [4.78, 5) is 24.5. The Morgan fingerprint density at radius 2 is 2.16 bits per heavy atom. The van der Waals surface area contributed by atoms with Crippen LogP contribution in [0, 0.1) is 5.92 Å². The molecule has 1 atom stereocenters. The number of amides is 2. The fourth-order valence-corrected chi connectivity index (χ4v) is 2.17. The number of methoxy groups -OCH3 is 1. The first kappa shape index (κ1) is 15.7. The lowest BCUT2D eigenvalue weighted by atomic mass is 10.0. The van der Waals surface area contributed by atoms with Gasteiger partial charge in [0.25, 0.3) is 5.91 Å². The Morgan fingerprint density at radius 3 is 2.68 bits per heavy atom. The van der Waals surface area contributed by atoms with Gasteiger partial charge in [0.15, 0.2) is 0 Å². The fraction of sp³-hybridized carbons (Fsp3) is 0.538. The molecular formula is C13H20N2O3S. The zero-order valence-corrected chi connectivity index (χ0v) is 12.3. The second-order valence-electron chi connectivity index (χ2n) is 4.46. The molecule has 106 valence electrons. The van der Waals surface area contributed by atoms with Crippen molar-refractivity contribution < 1.29 is 14.3 Å². The minimum absolute atomic E-state index is 0.0199. The van der Waals surface area contributed by atoms with E-state index in [1.54, 1.807) is 13.2 Å². The molecule has 19 heavy (non-hydrogen) atoms. The summed E-state index contributed by atoms with van der Waals surface area (Å²) in [6.07, 6.45) is 0. The molecule has 1 unspecified atom stereocenters. The van der Waals surface area contributed by atoms with Gasteiger partial charge < -0.3 is 15.4 Å². The summed E-state index contributed by atoms with van der Waals surface area (Å²) in [7, 11) is 1.57.